The third-order valence-electron chi connectivity index (χ3n) is 4.76. The van der Waals surface area contributed by atoms with E-state index in [1.54, 1.807) is 6.92 Å². The average Bonchev–Trinajstić information content (AvgIpc) is 2.87. The molecule has 126 valence electrons. The summed E-state index contributed by atoms with van der Waals surface area (Å²) in [6.45, 7) is 3.80. The molecule has 1 atom stereocenters. The first kappa shape index (κ1) is 15.6. The number of aryl methyl sites for hydroxylation is 2. The highest BCUT2D eigenvalue weighted by Gasteiger charge is 2.15. The smallest absolute Gasteiger partial charge is 0.240 e. The molecule has 5 heteroatoms. The summed E-state index contributed by atoms with van der Waals surface area (Å²) in [7, 11) is 2.02. The highest BCUT2D eigenvalue weighted by atomic mass is 16.2. The van der Waals surface area contributed by atoms with E-state index in [1.807, 2.05) is 43.4 Å². The Bertz CT molecular complexity index is 1140. The quantitative estimate of drug-likeness (QED) is 0.590. The molecule has 0 aliphatic rings. The minimum atomic E-state index is -0.546. The number of fused-ring (bicyclic) bond motifs is 4. The Balaban J connectivity index is 2.02. The van der Waals surface area contributed by atoms with Gasteiger partial charge in [-0.1, -0.05) is 18.2 Å². The van der Waals surface area contributed by atoms with Crippen molar-refractivity contribution in [2.24, 2.45) is 12.8 Å². The van der Waals surface area contributed by atoms with E-state index in [9.17, 15) is 4.79 Å². The summed E-state index contributed by atoms with van der Waals surface area (Å²) in [6, 6.07) is 13.5. The molecule has 5 nitrogen and oxygen atoms in total. The lowest BCUT2D eigenvalue weighted by atomic mass is 10.0. The summed E-state index contributed by atoms with van der Waals surface area (Å²) in [5, 5.41) is 6.21. The van der Waals surface area contributed by atoms with Gasteiger partial charge in [0.05, 0.1) is 17.1 Å². The van der Waals surface area contributed by atoms with Crippen LogP contribution < -0.4 is 11.1 Å². The molecule has 0 aliphatic heterocycles. The molecule has 2 aromatic heterocycles. The number of pyridine rings is 1. The van der Waals surface area contributed by atoms with Crippen molar-refractivity contribution in [3.8, 4) is 0 Å². The van der Waals surface area contributed by atoms with Crippen LogP contribution in [0, 0.1) is 6.92 Å². The topological polar surface area (TPSA) is 72.9 Å². The number of para-hydroxylation sites is 1. The molecular formula is C20H20N4O. The van der Waals surface area contributed by atoms with E-state index >= 15 is 0 Å². The summed E-state index contributed by atoms with van der Waals surface area (Å²) in [5.74, 6) is -0.195. The Kier molecular flexibility index (Phi) is 3.47. The first-order valence-corrected chi connectivity index (χ1v) is 8.31. The number of hydrogen-bond donors (Lipinski definition) is 2. The van der Waals surface area contributed by atoms with E-state index in [4.69, 9.17) is 10.7 Å². The monoisotopic (exact) mass is 332 g/mol. The number of rotatable bonds is 2. The van der Waals surface area contributed by atoms with Crippen molar-refractivity contribution < 1.29 is 4.79 Å². The van der Waals surface area contributed by atoms with Crippen molar-refractivity contribution in [1.29, 1.82) is 0 Å². The maximum atomic E-state index is 11.9. The number of carbonyl (C=O) groups is 1. The summed E-state index contributed by atoms with van der Waals surface area (Å²) >= 11 is 0. The van der Waals surface area contributed by atoms with Crippen LogP contribution in [0.15, 0.2) is 42.5 Å². The van der Waals surface area contributed by atoms with Crippen molar-refractivity contribution in [3.05, 3.63) is 48.0 Å². The molecule has 25 heavy (non-hydrogen) atoms. The molecule has 4 aromatic rings. The Morgan fingerprint density at radius 3 is 2.72 bits per heavy atom. The van der Waals surface area contributed by atoms with Gasteiger partial charge in [0.15, 0.2) is 0 Å². The minimum absolute atomic E-state index is 0.195. The van der Waals surface area contributed by atoms with Gasteiger partial charge in [-0.05, 0) is 43.7 Å². The van der Waals surface area contributed by atoms with Crippen molar-refractivity contribution in [3.63, 3.8) is 0 Å². The predicted octanol–water partition coefficient (Wildman–Crippen LogP) is 3.47. The fourth-order valence-corrected chi connectivity index (χ4v) is 3.40. The summed E-state index contributed by atoms with van der Waals surface area (Å²) in [6.07, 6.45) is 0. The highest BCUT2D eigenvalue weighted by Crippen LogP contribution is 2.34. The number of nitrogens with one attached hydrogen (secondary N) is 1. The number of amides is 1. The number of carbonyl (C=O) groups excluding carboxylic acids is 1. The lowest BCUT2D eigenvalue weighted by Gasteiger charge is -2.08. The zero-order valence-electron chi connectivity index (χ0n) is 14.5. The van der Waals surface area contributed by atoms with E-state index in [1.165, 1.54) is 5.56 Å². The second kappa shape index (κ2) is 5.57. The molecule has 4 rings (SSSR count). The van der Waals surface area contributed by atoms with Crippen molar-refractivity contribution >= 4 is 44.4 Å². The lowest BCUT2D eigenvalue weighted by Crippen LogP contribution is -2.32. The first-order valence-electron chi connectivity index (χ1n) is 8.31. The number of anilines is 1. The first-order chi connectivity index (χ1) is 12.0. The van der Waals surface area contributed by atoms with Crippen LogP contribution in [0.2, 0.25) is 0 Å². The zero-order chi connectivity index (χ0) is 17.7. The van der Waals surface area contributed by atoms with Gasteiger partial charge in [0.25, 0.3) is 0 Å². The fourth-order valence-electron chi connectivity index (χ4n) is 3.40. The summed E-state index contributed by atoms with van der Waals surface area (Å²) in [5.41, 5.74) is 10.6. The van der Waals surface area contributed by atoms with Gasteiger partial charge >= 0.3 is 0 Å². The van der Waals surface area contributed by atoms with Crippen LogP contribution in [-0.4, -0.2) is 21.5 Å². The Labute approximate surface area is 145 Å². The summed E-state index contributed by atoms with van der Waals surface area (Å²) < 4.78 is 2.10. The van der Waals surface area contributed by atoms with Crippen LogP contribution in [0.25, 0.3) is 32.8 Å². The van der Waals surface area contributed by atoms with Gasteiger partial charge < -0.3 is 15.6 Å². The number of hydrogen-bond acceptors (Lipinski definition) is 3. The van der Waals surface area contributed by atoms with Gasteiger partial charge in [-0.2, -0.15) is 0 Å². The minimum Gasteiger partial charge on any atom is -0.328 e. The number of nitrogens with zero attached hydrogens (tertiary/aromatic N) is 2. The fraction of sp³-hybridized carbons (Fsp3) is 0.200. The van der Waals surface area contributed by atoms with Gasteiger partial charge in [-0.25, -0.2) is 4.98 Å². The van der Waals surface area contributed by atoms with Gasteiger partial charge in [0.1, 0.15) is 5.65 Å². The molecule has 1 amide bonds. The molecule has 0 aliphatic carbocycles. The predicted molar refractivity (Wildman–Crippen MR) is 103 cm³/mol. The van der Waals surface area contributed by atoms with E-state index in [0.717, 1.165) is 38.5 Å². The Morgan fingerprint density at radius 2 is 1.96 bits per heavy atom. The second-order valence-electron chi connectivity index (χ2n) is 6.52. The van der Waals surface area contributed by atoms with Crippen LogP contribution in [0.5, 0.6) is 0 Å². The van der Waals surface area contributed by atoms with Crippen LogP contribution >= 0.6 is 0 Å². The molecule has 0 fully saturated rings. The molecule has 3 N–H and O–H groups in total. The van der Waals surface area contributed by atoms with Crippen LogP contribution in [-0.2, 0) is 11.8 Å². The SMILES string of the molecule is Cc1c2ccccc2nc2c1c1cc(NC(=O)[C@H](C)N)ccc1n2C. The Morgan fingerprint density at radius 1 is 1.20 bits per heavy atom. The van der Waals surface area contributed by atoms with Gasteiger partial charge in [0, 0.05) is 28.9 Å². The number of benzene rings is 2. The Hall–Kier alpha value is -2.92. The molecule has 0 radical (unpaired) electrons. The average molecular weight is 332 g/mol. The maximum Gasteiger partial charge on any atom is 0.240 e. The third-order valence-corrected chi connectivity index (χ3v) is 4.76. The molecule has 0 saturated carbocycles. The van der Waals surface area contributed by atoms with E-state index in [-0.39, 0.29) is 5.91 Å². The van der Waals surface area contributed by atoms with Crippen LogP contribution in [0.3, 0.4) is 0 Å². The van der Waals surface area contributed by atoms with Crippen molar-refractivity contribution in [1.82, 2.24) is 9.55 Å². The summed E-state index contributed by atoms with van der Waals surface area (Å²) in [4.78, 5) is 16.8. The molecule has 0 saturated heterocycles. The van der Waals surface area contributed by atoms with E-state index < -0.39 is 6.04 Å². The molecule has 0 spiro atoms. The van der Waals surface area contributed by atoms with Crippen molar-refractivity contribution in [2.75, 3.05) is 5.32 Å². The molecule has 0 unspecified atom stereocenters. The van der Waals surface area contributed by atoms with Crippen molar-refractivity contribution in [2.45, 2.75) is 19.9 Å². The molecular weight excluding hydrogens is 312 g/mol. The number of aromatic nitrogens is 2. The van der Waals surface area contributed by atoms with E-state index in [2.05, 4.69) is 22.9 Å². The van der Waals surface area contributed by atoms with Gasteiger partial charge in [0.2, 0.25) is 5.91 Å². The molecule has 2 aromatic carbocycles. The normalized spacial score (nSPS) is 12.8. The van der Waals surface area contributed by atoms with Crippen LogP contribution in [0.4, 0.5) is 5.69 Å². The van der Waals surface area contributed by atoms with Crippen LogP contribution in [0.1, 0.15) is 12.5 Å². The molecule has 2 heterocycles. The third kappa shape index (κ3) is 2.36. The van der Waals surface area contributed by atoms with Gasteiger partial charge in [-0.3, -0.25) is 4.79 Å². The highest BCUT2D eigenvalue weighted by molar-refractivity contribution is 6.13. The number of nitrogens with two attached hydrogens (primary N) is 1. The largest absolute Gasteiger partial charge is 0.328 e. The zero-order valence-corrected chi connectivity index (χ0v) is 14.5. The van der Waals surface area contributed by atoms with Gasteiger partial charge in [-0.15, -0.1) is 0 Å². The second-order valence-corrected chi connectivity index (χ2v) is 6.52. The maximum absolute atomic E-state index is 11.9. The van der Waals surface area contributed by atoms with E-state index in [0.29, 0.717) is 0 Å². The molecule has 0 bridgehead atoms. The standard InChI is InChI=1S/C20H20N4O/c1-11-14-6-4-5-7-16(14)23-19-18(11)15-10-13(22-20(25)12(2)21)8-9-17(15)24(19)3/h4-10,12H,21H2,1-3H3,(H,22,25)/t12-/m0/s1. The lowest BCUT2D eigenvalue weighted by molar-refractivity contribution is -0.117.